The van der Waals surface area contributed by atoms with Crippen molar-refractivity contribution in [3.8, 4) is 11.1 Å². The summed E-state index contributed by atoms with van der Waals surface area (Å²) in [6.07, 6.45) is 0. The Morgan fingerprint density at radius 2 is 0.656 bits per heavy atom. The number of hydrogen-bond donors (Lipinski definition) is 0. The Morgan fingerprint density at radius 1 is 0.297 bits per heavy atom. The van der Waals surface area contributed by atoms with Gasteiger partial charge >= 0.3 is 0 Å². The number of nitrogens with zero attached hydrogens (tertiary/aromatic N) is 2. The molecule has 10 aromatic carbocycles. The molecule has 0 atom stereocenters. The van der Waals surface area contributed by atoms with Crippen LogP contribution >= 0.6 is 0 Å². The van der Waals surface area contributed by atoms with Crippen molar-refractivity contribution in [1.82, 2.24) is 0 Å². The molecule has 0 bridgehead atoms. The van der Waals surface area contributed by atoms with Gasteiger partial charge in [0.1, 0.15) is 22.3 Å². The first-order valence-electron chi connectivity index (χ1n) is 22.0. The predicted octanol–water partition coefficient (Wildman–Crippen LogP) is 17.6. The zero-order chi connectivity index (χ0) is 43.1. The van der Waals surface area contributed by atoms with Crippen molar-refractivity contribution in [2.24, 2.45) is 0 Å². The van der Waals surface area contributed by atoms with Crippen LogP contribution in [0.15, 0.2) is 203 Å². The normalized spacial score (nSPS) is 11.8. The van der Waals surface area contributed by atoms with Gasteiger partial charge in [-0.05, 0) is 152 Å². The molecule has 12 aromatic rings. The van der Waals surface area contributed by atoms with Crippen molar-refractivity contribution in [2.45, 2.75) is 27.7 Å². The average Bonchev–Trinajstić information content (AvgIpc) is 3.85. The summed E-state index contributed by atoms with van der Waals surface area (Å²) in [5.41, 5.74) is 17.1. The minimum Gasteiger partial charge on any atom is -0.456 e. The van der Waals surface area contributed by atoms with E-state index in [1.165, 1.54) is 22.3 Å². The molecule has 0 fully saturated rings. The molecule has 0 aliphatic rings. The zero-order valence-electron chi connectivity index (χ0n) is 36.2. The monoisotopic (exact) mass is 824 g/mol. The van der Waals surface area contributed by atoms with E-state index in [0.29, 0.717) is 0 Å². The van der Waals surface area contributed by atoms with Crippen molar-refractivity contribution in [2.75, 3.05) is 9.80 Å². The van der Waals surface area contributed by atoms with Crippen molar-refractivity contribution in [3.05, 3.63) is 216 Å². The van der Waals surface area contributed by atoms with E-state index in [0.717, 1.165) is 111 Å². The maximum absolute atomic E-state index is 6.86. The summed E-state index contributed by atoms with van der Waals surface area (Å²) in [6.45, 7) is 8.51. The molecular weight excluding hydrogens is 781 g/mol. The average molecular weight is 825 g/mol. The van der Waals surface area contributed by atoms with E-state index in [4.69, 9.17) is 8.83 Å². The second kappa shape index (κ2) is 14.8. The van der Waals surface area contributed by atoms with E-state index in [9.17, 15) is 0 Å². The summed E-state index contributed by atoms with van der Waals surface area (Å²) in [4.78, 5) is 4.64. The lowest BCUT2D eigenvalue weighted by atomic mass is 9.93. The second-order valence-electron chi connectivity index (χ2n) is 17.3. The number of hydrogen-bond acceptors (Lipinski definition) is 4. The fourth-order valence-electron chi connectivity index (χ4n) is 9.50. The van der Waals surface area contributed by atoms with E-state index in [1.807, 2.05) is 0 Å². The lowest BCUT2D eigenvalue weighted by Crippen LogP contribution is -2.09. The lowest BCUT2D eigenvalue weighted by Gasteiger charge is -2.26. The van der Waals surface area contributed by atoms with Gasteiger partial charge in [0.15, 0.2) is 0 Å². The van der Waals surface area contributed by atoms with Gasteiger partial charge in [0.05, 0.1) is 0 Å². The van der Waals surface area contributed by atoms with Gasteiger partial charge in [-0.15, -0.1) is 0 Å². The Labute approximate surface area is 371 Å². The van der Waals surface area contributed by atoms with Crippen LogP contribution in [0, 0.1) is 27.7 Å². The molecule has 0 spiro atoms. The van der Waals surface area contributed by atoms with E-state index < -0.39 is 0 Å². The van der Waals surface area contributed by atoms with Crippen molar-refractivity contribution in [3.63, 3.8) is 0 Å². The Bertz CT molecular complexity index is 3410. The third-order valence-corrected chi connectivity index (χ3v) is 12.8. The fourth-order valence-corrected chi connectivity index (χ4v) is 9.50. The third kappa shape index (κ3) is 6.37. The highest BCUT2D eigenvalue weighted by Gasteiger charge is 2.23. The number of benzene rings is 10. The summed E-state index contributed by atoms with van der Waals surface area (Å²) >= 11 is 0. The topological polar surface area (TPSA) is 32.8 Å². The first-order chi connectivity index (χ1) is 31.3. The highest BCUT2D eigenvalue weighted by atomic mass is 16.3. The van der Waals surface area contributed by atoms with Gasteiger partial charge in [0.25, 0.3) is 0 Å². The minimum absolute atomic E-state index is 0.801. The first-order valence-corrected chi connectivity index (χ1v) is 22.0. The van der Waals surface area contributed by atoms with Crippen LogP contribution < -0.4 is 9.80 Å². The highest BCUT2D eigenvalue weighted by Crippen LogP contribution is 2.48. The molecule has 0 saturated heterocycles. The summed E-state index contributed by atoms with van der Waals surface area (Å²) in [5, 5.41) is 8.85. The van der Waals surface area contributed by atoms with Gasteiger partial charge in [-0.2, -0.15) is 0 Å². The van der Waals surface area contributed by atoms with Crippen molar-refractivity contribution < 1.29 is 8.83 Å². The van der Waals surface area contributed by atoms with Gasteiger partial charge in [-0.1, -0.05) is 113 Å². The van der Waals surface area contributed by atoms with Crippen LogP contribution in [0.25, 0.3) is 76.5 Å². The number of fused-ring (bicyclic) bond motifs is 8. The molecule has 0 unspecified atom stereocenters. The molecule has 64 heavy (non-hydrogen) atoms. The number of anilines is 6. The lowest BCUT2D eigenvalue weighted by molar-refractivity contribution is 0.657. The van der Waals surface area contributed by atoms with Crippen LogP contribution in [-0.2, 0) is 0 Å². The molecule has 0 amide bonds. The van der Waals surface area contributed by atoms with Gasteiger partial charge < -0.3 is 18.6 Å². The maximum atomic E-state index is 6.86. The van der Waals surface area contributed by atoms with E-state index >= 15 is 0 Å². The molecular formula is C60H44N2O2. The maximum Gasteiger partial charge on any atom is 0.139 e. The number of rotatable bonds is 7. The summed E-state index contributed by atoms with van der Waals surface area (Å²) < 4.78 is 13.7. The predicted molar refractivity (Wildman–Crippen MR) is 270 cm³/mol. The van der Waals surface area contributed by atoms with Crippen LogP contribution in [0.5, 0.6) is 0 Å². The minimum atomic E-state index is 0.801. The quantitative estimate of drug-likeness (QED) is 0.160. The smallest absolute Gasteiger partial charge is 0.139 e. The number of furan rings is 2. The summed E-state index contributed by atoms with van der Waals surface area (Å²) in [5.74, 6) is 0. The fraction of sp³-hybridized carbons (Fsp3) is 0.0667. The Balaban J connectivity index is 1.03. The van der Waals surface area contributed by atoms with Crippen LogP contribution in [-0.4, -0.2) is 0 Å². The van der Waals surface area contributed by atoms with Crippen LogP contribution in [0.2, 0.25) is 0 Å². The van der Waals surface area contributed by atoms with Crippen LogP contribution in [0.3, 0.4) is 0 Å². The zero-order valence-corrected chi connectivity index (χ0v) is 36.2. The van der Waals surface area contributed by atoms with Crippen LogP contribution in [0.1, 0.15) is 22.3 Å². The molecule has 2 aromatic heterocycles. The second-order valence-corrected chi connectivity index (χ2v) is 17.3. The van der Waals surface area contributed by atoms with Crippen molar-refractivity contribution >= 4 is 99.5 Å². The number of aryl methyl sites for hydroxylation is 4. The SMILES string of the molecule is Cc1ccc(N(c2ccc(C)cc2)c2ccc3cc4c(cc3c2)oc2cc3oc5cc6cc(N(c7ccc(C)cc7)c7ccc(C)cc7)ccc6cc5c3c(-c3ccccc3)c24)cc1. The van der Waals surface area contributed by atoms with E-state index in [2.05, 4.69) is 232 Å². The molecule has 0 aliphatic heterocycles. The first kappa shape index (κ1) is 37.7. The Hall–Kier alpha value is -8.08. The molecule has 306 valence electrons. The molecule has 4 heteroatoms. The van der Waals surface area contributed by atoms with Crippen molar-refractivity contribution in [1.29, 1.82) is 0 Å². The molecule has 0 N–H and O–H groups in total. The molecule has 4 nitrogen and oxygen atoms in total. The van der Waals surface area contributed by atoms with Gasteiger partial charge in [0, 0.05) is 67.3 Å². The molecule has 0 saturated carbocycles. The highest BCUT2D eigenvalue weighted by molar-refractivity contribution is 6.27. The Kier molecular flexibility index (Phi) is 8.70. The summed E-state index contributed by atoms with van der Waals surface area (Å²) in [7, 11) is 0. The van der Waals surface area contributed by atoms with Crippen LogP contribution in [0.4, 0.5) is 34.1 Å². The van der Waals surface area contributed by atoms with Gasteiger partial charge in [-0.25, -0.2) is 0 Å². The third-order valence-electron chi connectivity index (χ3n) is 12.8. The van der Waals surface area contributed by atoms with E-state index in [-0.39, 0.29) is 0 Å². The summed E-state index contributed by atoms with van der Waals surface area (Å²) in [6, 6.07) is 70.2. The van der Waals surface area contributed by atoms with Gasteiger partial charge in [-0.3, -0.25) is 0 Å². The van der Waals surface area contributed by atoms with Gasteiger partial charge in [0.2, 0.25) is 0 Å². The molecule has 2 heterocycles. The molecule has 12 rings (SSSR count). The van der Waals surface area contributed by atoms with E-state index in [1.54, 1.807) is 0 Å². The largest absolute Gasteiger partial charge is 0.456 e. The Morgan fingerprint density at radius 3 is 1.03 bits per heavy atom. The molecule has 0 radical (unpaired) electrons. The molecule has 0 aliphatic carbocycles. The standard InChI is InChI=1S/C60H44N2O2/c1-37-10-20-46(21-11-37)61(47-22-12-38(2)13-23-47)50-28-18-42-32-52-54(34-44(42)30-50)63-56-36-57-60(58(59(52)56)41-8-6-5-7-9-41)53-33-43-19-29-51(31-45(43)35-55(53)64-57)62(48-24-14-39(3)15-25-48)49-26-16-40(4)17-27-49/h5-36H,1-4H3.